The SMILES string of the molecule is CS(=O)(=O)Nc1ccccc1-c1ccc2c(c1)Nc1ccc(C(=O)NCCc3ccncc3)cc1NC2=O. The van der Waals surface area contributed by atoms with Crippen LogP contribution in [0.4, 0.5) is 22.7 Å². The Bertz CT molecular complexity index is 1640. The summed E-state index contributed by atoms with van der Waals surface area (Å²) in [6.45, 7) is 0.467. The Morgan fingerprint density at radius 3 is 2.45 bits per heavy atom. The summed E-state index contributed by atoms with van der Waals surface area (Å²) in [6.07, 6.45) is 5.20. The number of carbonyl (C=O) groups excluding carboxylic acids is 2. The maximum atomic E-state index is 13.0. The molecule has 0 unspecified atom stereocenters. The molecule has 0 bridgehead atoms. The monoisotopic (exact) mass is 527 g/mol. The number of aromatic nitrogens is 1. The molecule has 0 saturated heterocycles. The van der Waals surface area contributed by atoms with Crippen LogP contribution in [0.5, 0.6) is 0 Å². The van der Waals surface area contributed by atoms with Gasteiger partial charge in [0.05, 0.1) is 34.6 Å². The quantitative estimate of drug-likeness (QED) is 0.282. The van der Waals surface area contributed by atoms with Crippen LogP contribution in [0.25, 0.3) is 11.1 Å². The van der Waals surface area contributed by atoms with Gasteiger partial charge in [-0.05, 0) is 66.1 Å². The third-order valence-electron chi connectivity index (χ3n) is 6.05. The van der Waals surface area contributed by atoms with Crippen molar-refractivity contribution in [1.29, 1.82) is 0 Å². The normalized spacial score (nSPS) is 12.3. The fraction of sp³-hybridized carbons (Fsp3) is 0.107. The Morgan fingerprint density at radius 2 is 1.66 bits per heavy atom. The lowest BCUT2D eigenvalue weighted by molar-refractivity contribution is 0.0952. The van der Waals surface area contributed by atoms with E-state index >= 15 is 0 Å². The molecular formula is C28H25N5O4S. The Balaban J connectivity index is 1.37. The third-order valence-corrected chi connectivity index (χ3v) is 6.64. The molecule has 0 fully saturated rings. The van der Waals surface area contributed by atoms with Gasteiger partial charge in [-0.25, -0.2) is 8.42 Å². The number of sulfonamides is 1. The summed E-state index contributed by atoms with van der Waals surface area (Å²) in [5.41, 5.74) is 5.42. The second kappa shape index (κ2) is 10.3. The number of nitrogens with one attached hydrogen (secondary N) is 4. The van der Waals surface area contributed by atoms with Crippen LogP contribution in [0.3, 0.4) is 0 Å². The number of hydrogen-bond donors (Lipinski definition) is 4. The minimum atomic E-state index is -3.48. The molecule has 1 aliphatic heterocycles. The maximum Gasteiger partial charge on any atom is 0.257 e. The summed E-state index contributed by atoms with van der Waals surface area (Å²) in [5.74, 6) is -0.564. The van der Waals surface area contributed by atoms with Crippen LogP contribution in [0.15, 0.2) is 85.2 Å². The van der Waals surface area contributed by atoms with Crippen LogP contribution in [-0.4, -0.2) is 38.0 Å². The highest BCUT2D eigenvalue weighted by molar-refractivity contribution is 7.92. The van der Waals surface area contributed by atoms with E-state index in [1.165, 1.54) is 0 Å². The molecule has 2 amide bonds. The van der Waals surface area contributed by atoms with Crippen LogP contribution < -0.4 is 20.7 Å². The number of benzene rings is 3. The average molecular weight is 528 g/mol. The zero-order valence-electron chi connectivity index (χ0n) is 20.5. The highest BCUT2D eigenvalue weighted by Gasteiger charge is 2.21. The van der Waals surface area contributed by atoms with E-state index in [1.807, 2.05) is 18.2 Å². The molecule has 0 aliphatic carbocycles. The first kappa shape index (κ1) is 25.0. The predicted molar refractivity (Wildman–Crippen MR) is 148 cm³/mol. The van der Waals surface area contributed by atoms with Crippen molar-refractivity contribution in [3.8, 4) is 11.1 Å². The van der Waals surface area contributed by atoms with Crippen LogP contribution in [0.1, 0.15) is 26.3 Å². The van der Waals surface area contributed by atoms with Gasteiger partial charge in [0.25, 0.3) is 11.8 Å². The lowest BCUT2D eigenvalue weighted by Gasteiger charge is -2.14. The number of para-hydroxylation sites is 1. The van der Waals surface area contributed by atoms with Gasteiger partial charge in [0, 0.05) is 30.1 Å². The van der Waals surface area contributed by atoms with Crippen molar-refractivity contribution >= 4 is 44.6 Å². The van der Waals surface area contributed by atoms with Crippen molar-refractivity contribution in [3.05, 3.63) is 102 Å². The Hall–Kier alpha value is -4.70. The predicted octanol–water partition coefficient (Wildman–Crippen LogP) is 4.40. The first-order valence-corrected chi connectivity index (χ1v) is 13.8. The third kappa shape index (κ3) is 5.65. The first-order valence-electron chi connectivity index (χ1n) is 11.9. The van der Waals surface area contributed by atoms with Crippen molar-refractivity contribution in [2.45, 2.75) is 6.42 Å². The molecule has 5 rings (SSSR count). The summed E-state index contributed by atoms with van der Waals surface area (Å²) < 4.78 is 26.2. The molecule has 1 aliphatic rings. The number of anilines is 4. The topological polar surface area (TPSA) is 129 Å². The van der Waals surface area contributed by atoms with Crippen LogP contribution in [0, 0.1) is 0 Å². The molecule has 4 N–H and O–H groups in total. The minimum Gasteiger partial charge on any atom is -0.353 e. The number of nitrogens with zero attached hydrogens (tertiary/aromatic N) is 1. The number of pyridine rings is 1. The molecule has 9 nitrogen and oxygen atoms in total. The van der Waals surface area contributed by atoms with Gasteiger partial charge in [-0.15, -0.1) is 0 Å². The standard InChI is InChI=1S/C28H25N5O4S/c1-38(36,37)33-23-5-3-2-4-21(23)19-6-8-22-25(16-19)31-24-9-7-20(17-26(24)32-28(22)35)27(34)30-15-12-18-10-13-29-14-11-18/h2-11,13-14,16-17,31,33H,12,15H2,1H3,(H,30,34)(H,32,35). The summed E-state index contributed by atoms with van der Waals surface area (Å²) in [7, 11) is -3.48. The van der Waals surface area contributed by atoms with E-state index in [0.29, 0.717) is 52.4 Å². The summed E-state index contributed by atoms with van der Waals surface area (Å²) in [4.78, 5) is 29.8. The van der Waals surface area contributed by atoms with E-state index in [4.69, 9.17) is 0 Å². The molecule has 1 aromatic heterocycles. The van der Waals surface area contributed by atoms with Gasteiger partial charge in [-0.2, -0.15) is 0 Å². The van der Waals surface area contributed by atoms with E-state index in [1.54, 1.807) is 67.0 Å². The van der Waals surface area contributed by atoms with E-state index in [9.17, 15) is 18.0 Å². The fourth-order valence-corrected chi connectivity index (χ4v) is 4.82. The molecule has 0 saturated carbocycles. The Kier molecular flexibility index (Phi) is 6.80. The molecule has 0 atom stereocenters. The second-order valence-corrected chi connectivity index (χ2v) is 10.6. The molecule has 2 heterocycles. The number of fused-ring (bicyclic) bond motifs is 2. The molecule has 3 aromatic carbocycles. The van der Waals surface area contributed by atoms with Crippen molar-refractivity contribution in [1.82, 2.24) is 10.3 Å². The lowest BCUT2D eigenvalue weighted by Crippen LogP contribution is -2.25. The smallest absolute Gasteiger partial charge is 0.257 e. The molecule has 0 radical (unpaired) electrons. The van der Waals surface area contributed by atoms with Gasteiger partial charge in [0.2, 0.25) is 10.0 Å². The number of carbonyl (C=O) groups is 2. The lowest BCUT2D eigenvalue weighted by atomic mass is 10.0. The van der Waals surface area contributed by atoms with E-state index in [-0.39, 0.29) is 11.8 Å². The van der Waals surface area contributed by atoms with Crippen LogP contribution in [-0.2, 0) is 16.4 Å². The van der Waals surface area contributed by atoms with E-state index in [2.05, 4.69) is 25.7 Å². The molecule has 192 valence electrons. The minimum absolute atomic E-state index is 0.241. The molecule has 4 aromatic rings. The molecule has 10 heteroatoms. The second-order valence-electron chi connectivity index (χ2n) is 8.88. The summed E-state index contributed by atoms with van der Waals surface area (Å²) >= 11 is 0. The number of rotatable bonds is 7. The van der Waals surface area contributed by atoms with Gasteiger partial charge in [0.1, 0.15) is 0 Å². The van der Waals surface area contributed by atoms with E-state index in [0.717, 1.165) is 17.4 Å². The molecular weight excluding hydrogens is 502 g/mol. The van der Waals surface area contributed by atoms with Gasteiger partial charge in [-0.3, -0.25) is 19.3 Å². The molecule has 0 spiro atoms. The average Bonchev–Trinajstić information content (AvgIpc) is 3.03. The van der Waals surface area contributed by atoms with Gasteiger partial charge >= 0.3 is 0 Å². The Morgan fingerprint density at radius 1 is 0.868 bits per heavy atom. The zero-order chi connectivity index (χ0) is 26.7. The van der Waals surface area contributed by atoms with Crippen molar-refractivity contribution in [2.75, 3.05) is 28.2 Å². The maximum absolute atomic E-state index is 13.0. The van der Waals surface area contributed by atoms with Crippen molar-refractivity contribution in [2.24, 2.45) is 0 Å². The highest BCUT2D eigenvalue weighted by Crippen LogP contribution is 2.37. The van der Waals surface area contributed by atoms with E-state index < -0.39 is 10.0 Å². The van der Waals surface area contributed by atoms with Gasteiger partial charge in [0.15, 0.2) is 0 Å². The highest BCUT2D eigenvalue weighted by atomic mass is 32.2. The van der Waals surface area contributed by atoms with Crippen LogP contribution >= 0.6 is 0 Å². The Labute approximate surface area is 220 Å². The summed E-state index contributed by atoms with van der Waals surface area (Å²) in [6, 6.07) is 21.2. The number of hydrogen-bond acceptors (Lipinski definition) is 6. The van der Waals surface area contributed by atoms with Crippen LogP contribution in [0.2, 0.25) is 0 Å². The fourth-order valence-electron chi connectivity index (χ4n) is 4.24. The van der Waals surface area contributed by atoms with Gasteiger partial charge in [-0.1, -0.05) is 24.3 Å². The van der Waals surface area contributed by atoms with Crippen molar-refractivity contribution < 1.29 is 18.0 Å². The number of amides is 2. The zero-order valence-corrected chi connectivity index (χ0v) is 21.3. The van der Waals surface area contributed by atoms with Gasteiger partial charge < -0.3 is 16.0 Å². The van der Waals surface area contributed by atoms with Crippen molar-refractivity contribution in [3.63, 3.8) is 0 Å². The largest absolute Gasteiger partial charge is 0.353 e. The summed E-state index contributed by atoms with van der Waals surface area (Å²) in [5, 5.41) is 9.06. The molecule has 38 heavy (non-hydrogen) atoms. The first-order chi connectivity index (χ1) is 18.3.